The molecule has 1 aromatic heterocycles. The Morgan fingerprint density at radius 1 is 1.07 bits per heavy atom. The molecular formula is C21H18N2O6. The molecule has 1 amide bonds. The summed E-state index contributed by atoms with van der Waals surface area (Å²) in [5.74, 6) is -0.855. The fourth-order valence-corrected chi connectivity index (χ4v) is 3.35. The zero-order valence-electron chi connectivity index (χ0n) is 16.1. The Balaban J connectivity index is 1.67. The maximum Gasteiger partial charge on any atom is 0.420 e. The van der Waals surface area contributed by atoms with Crippen molar-refractivity contribution in [3.63, 3.8) is 0 Å². The van der Waals surface area contributed by atoms with E-state index in [1.54, 1.807) is 44.3 Å². The van der Waals surface area contributed by atoms with Crippen molar-refractivity contribution in [1.29, 1.82) is 0 Å². The molecule has 0 N–H and O–H groups in total. The van der Waals surface area contributed by atoms with Crippen molar-refractivity contribution >= 4 is 34.3 Å². The Morgan fingerprint density at radius 2 is 1.79 bits per heavy atom. The average Bonchev–Trinajstić information content (AvgIpc) is 3.00. The number of rotatable bonds is 4. The SMILES string of the molecule is CC(=O)c1ccc2c(c1)oc(=O)n2CC(=O)c1ccc2c(c1)N(C)C(=O)C(C)O2. The summed E-state index contributed by atoms with van der Waals surface area (Å²) >= 11 is 0. The van der Waals surface area contributed by atoms with E-state index >= 15 is 0 Å². The number of fused-ring (bicyclic) bond motifs is 2. The Bertz CT molecular complexity index is 1240. The van der Waals surface area contributed by atoms with Crippen LogP contribution in [0.5, 0.6) is 5.75 Å². The number of nitrogens with zero attached hydrogens (tertiary/aromatic N) is 2. The molecule has 1 aliphatic rings. The van der Waals surface area contributed by atoms with Crippen LogP contribution >= 0.6 is 0 Å². The summed E-state index contributed by atoms with van der Waals surface area (Å²) in [6.07, 6.45) is -0.593. The summed E-state index contributed by atoms with van der Waals surface area (Å²) in [5.41, 5.74) is 1.92. The van der Waals surface area contributed by atoms with Gasteiger partial charge in [-0.15, -0.1) is 0 Å². The molecular weight excluding hydrogens is 376 g/mol. The highest BCUT2D eigenvalue weighted by Crippen LogP contribution is 2.34. The molecule has 3 aromatic rings. The second kappa shape index (κ2) is 6.73. The molecule has 8 nitrogen and oxygen atoms in total. The zero-order valence-corrected chi connectivity index (χ0v) is 16.1. The van der Waals surface area contributed by atoms with Crippen LogP contribution in [0.1, 0.15) is 34.6 Å². The van der Waals surface area contributed by atoms with Crippen LogP contribution in [0.3, 0.4) is 0 Å². The van der Waals surface area contributed by atoms with Crippen molar-refractivity contribution in [3.8, 4) is 5.75 Å². The molecule has 0 bridgehead atoms. The molecule has 0 fully saturated rings. The summed E-state index contributed by atoms with van der Waals surface area (Å²) in [4.78, 5) is 50.1. The van der Waals surface area contributed by atoms with Gasteiger partial charge in [0.1, 0.15) is 5.75 Å². The first kappa shape index (κ1) is 18.7. The number of anilines is 1. The van der Waals surface area contributed by atoms with Gasteiger partial charge in [-0.1, -0.05) is 0 Å². The molecule has 4 rings (SSSR count). The van der Waals surface area contributed by atoms with Crippen molar-refractivity contribution in [2.75, 3.05) is 11.9 Å². The molecule has 1 aliphatic heterocycles. The molecule has 0 radical (unpaired) electrons. The van der Waals surface area contributed by atoms with Gasteiger partial charge in [0, 0.05) is 18.2 Å². The van der Waals surface area contributed by atoms with Crippen LogP contribution in [-0.4, -0.2) is 35.2 Å². The van der Waals surface area contributed by atoms with Gasteiger partial charge in [0.25, 0.3) is 5.91 Å². The molecule has 8 heteroatoms. The maximum atomic E-state index is 12.8. The summed E-state index contributed by atoms with van der Waals surface area (Å²) in [7, 11) is 1.62. The number of benzene rings is 2. The van der Waals surface area contributed by atoms with E-state index in [0.29, 0.717) is 28.1 Å². The number of ether oxygens (including phenoxy) is 1. The molecule has 0 saturated heterocycles. The van der Waals surface area contributed by atoms with Gasteiger partial charge in [-0.25, -0.2) is 4.79 Å². The van der Waals surface area contributed by atoms with Gasteiger partial charge in [-0.2, -0.15) is 0 Å². The fraction of sp³-hybridized carbons (Fsp3) is 0.238. The molecule has 2 aromatic carbocycles. The van der Waals surface area contributed by atoms with E-state index in [2.05, 4.69) is 0 Å². The smallest absolute Gasteiger partial charge is 0.420 e. The Kier molecular flexibility index (Phi) is 4.34. The number of carbonyl (C=O) groups excluding carboxylic acids is 3. The predicted molar refractivity (Wildman–Crippen MR) is 105 cm³/mol. The van der Waals surface area contributed by atoms with Crippen molar-refractivity contribution in [1.82, 2.24) is 4.57 Å². The van der Waals surface area contributed by atoms with Gasteiger partial charge in [-0.3, -0.25) is 19.0 Å². The van der Waals surface area contributed by atoms with Crippen LogP contribution in [-0.2, 0) is 11.3 Å². The van der Waals surface area contributed by atoms with E-state index in [4.69, 9.17) is 9.15 Å². The highest BCUT2D eigenvalue weighted by atomic mass is 16.5. The summed E-state index contributed by atoms with van der Waals surface area (Å²) < 4.78 is 12.0. The normalized spacial score (nSPS) is 15.9. The van der Waals surface area contributed by atoms with Crippen LogP contribution in [0.25, 0.3) is 11.1 Å². The summed E-state index contributed by atoms with van der Waals surface area (Å²) in [6, 6.07) is 9.45. The van der Waals surface area contributed by atoms with E-state index in [1.165, 1.54) is 22.5 Å². The van der Waals surface area contributed by atoms with Crippen LogP contribution < -0.4 is 15.4 Å². The number of hydrogen-bond donors (Lipinski definition) is 0. The molecule has 0 saturated carbocycles. The largest absolute Gasteiger partial charge is 0.479 e. The lowest BCUT2D eigenvalue weighted by atomic mass is 10.1. The number of aromatic nitrogens is 1. The van der Waals surface area contributed by atoms with Gasteiger partial charge in [0.15, 0.2) is 23.3 Å². The molecule has 1 atom stereocenters. The topological polar surface area (TPSA) is 98.8 Å². The number of Topliss-reactive ketones (excluding diaryl/α,β-unsaturated/α-hetero) is 2. The first-order chi connectivity index (χ1) is 13.8. The van der Waals surface area contributed by atoms with Crippen molar-refractivity contribution in [2.24, 2.45) is 0 Å². The summed E-state index contributed by atoms with van der Waals surface area (Å²) in [6.45, 7) is 2.84. The second-order valence-corrected chi connectivity index (χ2v) is 6.96. The average molecular weight is 394 g/mol. The van der Waals surface area contributed by atoms with Gasteiger partial charge < -0.3 is 14.1 Å². The molecule has 148 valence electrons. The minimum atomic E-state index is -0.684. The third kappa shape index (κ3) is 3.12. The third-order valence-electron chi connectivity index (χ3n) is 5.00. The fourth-order valence-electron chi connectivity index (χ4n) is 3.35. The molecule has 0 aliphatic carbocycles. The highest BCUT2D eigenvalue weighted by molar-refractivity contribution is 6.03. The number of carbonyl (C=O) groups is 3. The predicted octanol–water partition coefficient (Wildman–Crippen LogP) is 2.42. The first-order valence-electron chi connectivity index (χ1n) is 9.02. The van der Waals surface area contributed by atoms with Gasteiger partial charge >= 0.3 is 5.76 Å². The van der Waals surface area contributed by atoms with E-state index in [9.17, 15) is 19.2 Å². The summed E-state index contributed by atoms with van der Waals surface area (Å²) in [5, 5.41) is 0. The lowest BCUT2D eigenvalue weighted by molar-refractivity contribution is -0.125. The van der Waals surface area contributed by atoms with Gasteiger partial charge in [0.05, 0.1) is 17.7 Å². The third-order valence-corrected chi connectivity index (χ3v) is 5.00. The van der Waals surface area contributed by atoms with Crippen LogP contribution in [0.2, 0.25) is 0 Å². The molecule has 29 heavy (non-hydrogen) atoms. The Hall–Kier alpha value is -3.68. The highest BCUT2D eigenvalue weighted by Gasteiger charge is 2.29. The second-order valence-electron chi connectivity index (χ2n) is 6.96. The number of ketones is 2. The number of amides is 1. The minimum absolute atomic E-state index is 0.150. The Labute approximate surface area is 165 Å². The quantitative estimate of drug-likeness (QED) is 0.630. The number of hydrogen-bond acceptors (Lipinski definition) is 6. The zero-order chi connectivity index (χ0) is 20.9. The van der Waals surface area contributed by atoms with Crippen LogP contribution in [0, 0.1) is 0 Å². The van der Waals surface area contributed by atoms with Crippen LogP contribution in [0.15, 0.2) is 45.6 Å². The number of oxazole rings is 1. The Morgan fingerprint density at radius 3 is 2.52 bits per heavy atom. The van der Waals surface area contributed by atoms with Crippen molar-refractivity contribution in [3.05, 3.63) is 58.1 Å². The van der Waals surface area contributed by atoms with Crippen molar-refractivity contribution in [2.45, 2.75) is 26.5 Å². The van der Waals surface area contributed by atoms with E-state index in [0.717, 1.165) is 0 Å². The van der Waals surface area contributed by atoms with Gasteiger partial charge in [-0.05, 0) is 50.2 Å². The first-order valence-corrected chi connectivity index (χ1v) is 9.02. The van der Waals surface area contributed by atoms with Crippen LogP contribution in [0.4, 0.5) is 5.69 Å². The number of likely N-dealkylation sites (N-methyl/N-ethyl adjacent to an activating group) is 1. The van der Waals surface area contributed by atoms with Gasteiger partial charge in [0.2, 0.25) is 0 Å². The van der Waals surface area contributed by atoms with E-state index in [1.807, 2.05) is 0 Å². The lowest BCUT2D eigenvalue weighted by Crippen LogP contribution is -2.42. The standard InChI is InChI=1S/C21H18N2O6/c1-11(24)13-4-6-15-19(9-13)29-21(27)23(15)10-17(25)14-5-7-18-16(8-14)22(3)20(26)12(2)28-18/h4-9,12H,10H2,1-3H3. The van der Waals surface area contributed by atoms with Crippen molar-refractivity contribution < 1.29 is 23.5 Å². The minimum Gasteiger partial charge on any atom is -0.479 e. The molecule has 1 unspecified atom stereocenters. The van der Waals surface area contributed by atoms with E-state index in [-0.39, 0.29) is 29.6 Å². The lowest BCUT2D eigenvalue weighted by Gasteiger charge is -2.30. The monoisotopic (exact) mass is 394 g/mol. The molecule has 2 heterocycles. The molecule has 0 spiro atoms. The van der Waals surface area contributed by atoms with E-state index < -0.39 is 11.9 Å². The maximum absolute atomic E-state index is 12.8.